The number of amides is 2. The molecule has 2 aliphatic carbocycles. The Bertz CT molecular complexity index is 919. The number of rotatable bonds is 6. The normalized spacial score (nSPS) is 31.7. The minimum Gasteiger partial charge on any atom is -0.456 e. The predicted molar refractivity (Wildman–Crippen MR) is 109 cm³/mol. The molecule has 30 heavy (non-hydrogen) atoms. The Morgan fingerprint density at radius 3 is 2.10 bits per heavy atom. The fourth-order valence-corrected chi connectivity index (χ4v) is 6.61. The molecule has 158 valence electrons. The Morgan fingerprint density at radius 2 is 1.60 bits per heavy atom. The number of alkyl halides is 2. The molecule has 1 heterocycles. The molecular formula is C19H16Br2N2O7. The Hall–Kier alpha value is -2.14. The average molecular weight is 544 g/mol. The van der Waals surface area contributed by atoms with Crippen LogP contribution in [0.4, 0.5) is 5.69 Å². The van der Waals surface area contributed by atoms with Crippen LogP contribution >= 0.6 is 31.9 Å². The Morgan fingerprint density at radius 1 is 1.07 bits per heavy atom. The van der Waals surface area contributed by atoms with E-state index in [-0.39, 0.29) is 44.6 Å². The number of Topliss-reactive ketones (excluding diaryl/α,β-unsaturated/α-hetero) is 1. The highest BCUT2D eigenvalue weighted by Gasteiger charge is 2.66. The van der Waals surface area contributed by atoms with Gasteiger partial charge in [-0.2, -0.15) is 0 Å². The van der Waals surface area contributed by atoms with E-state index in [1.807, 2.05) is 0 Å². The zero-order chi connectivity index (χ0) is 21.7. The van der Waals surface area contributed by atoms with Crippen molar-refractivity contribution in [2.24, 2.45) is 23.7 Å². The molecule has 2 saturated carbocycles. The number of esters is 1. The monoisotopic (exact) mass is 542 g/mol. The number of nitro groups is 1. The minimum atomic E-state index is -0.856. The number of non-ortho nitro benzene ring substituents is 1. The van der Waals surface area contributed by atoms with Crippen molar-refractivity contribution in [3.8, 4) is 0 Å². The number of ketones is 1. The van der Waals surface area contributed by atoms with Crippen LogP contribution in [0, 0.1) is 33.8 Å². The lowest BCUT2D eigenvalue weighted by atomic mass is 9.81. The Balaban J connectivity index is 1.34. The van der Waals surface area contributed by atoms with Crippen LogP contribution in [0.5, 0.6) is 0 Å². The summed E-state index contributed by atoms with van der Waals surface area (Å²) in [6.45, 7) is -1.12. The highest BCUT2D eigenvalue weighted by atomic mass is 79.9. The first kappa shape index (κ1) is 21.1. The molecule has 1 aliphatic heterocycles. The number of imide groups is 1. The summed E-state index contributed by atoms with van der Waals surface area (Å²) < 4.78 is 4.94. The minimum absolute atomic E-state index is 0.0468. The topological polar surface area (TPSA) is 124 Å². The van der Waals surface area contributed by atoms with Crippen LogP contribution in [0.2, 0.25) is 0 Å². The van der Waals surface area contributed by atoms with Gasteiger partial charge >= 0.3 is 5.97 Å². The molecule has 0 spiro atoms. The summed E-state index contributed by atoms with van der Waals surface area (Å²) in [5.41, 5.74) is -0.00915. The summed E-state index contributed by atoms with van der Waals surface area (Å²) >= 11 is 7.19. The number of ether oxygens (including phenoxy) is 1. The molecule has 2 bridgehead atoms. The van der Waals surface area contributed by atoms with Crippen LogP contribution in [-0.2, 0) is 19.1 Å². The van der Waals surface area contributed by atoms with Gasteiger partial charge in [0.2, 0.25) is 11.8 Å². The van der Waals surface area contributed by atoms with Gasteiger partial charge in [-0.1, -0.05) is 31.9 Å². The van der Waals surface area contributed by atoms with E-state index in [2.05, 4.69) is 31.9 Å². The number of nitrogens with zero attached hydrogens (tertiary/aromatic N) is 2. The largest absolute Gasteiger partial charge is 0.456 e. The van der Waals surface area contributed by atoms with Gasteiger partial charge in [-0.05, 0) is 30.4 Å². The first-order valence-corrected chi connectivity index (χ1v) is 11.1. The lowest BCUT2D eigenvalue weighted by molar-refractivity contribution is -0.384. The second kappa shape index (κ2) is 7.84. The summed E-state index contributed by atoms with van der Waals surface area (Å²) in [7, 11) is 0. The van der Waals surface area contributed by atoms with Gasteiger partial charge in [0.25, 0.3) is 5.69 Å². The van der Waals surface area contributed by atoms with Gasteiger partial charge in [0.05, 0.1) is 16.8 Å². The van der Waals surface area contributed by atoms with Crippen LogP contribution < -0.4 is 0 Å². The number of fused-ring (bicyclic) bond motifs is 5. The predicted octanol–water partition coefficient (Wildman–Crippen LogP) is 2.10. The van der Waals surface area contributed by atoms with Crippen LogP contribution in [0.1, 0.15) is 16.8 Å². The van der Waals surface area contributed by atoms with Crippen molar-refractivity contribution < 1.29 is 28.8 Å². The lowest BCUT2D eigenvalue weighted by Gasteiger charge is -2.28. The van der Waals surface area contributed by atoms with Crippen LogP contribution in [0.15, 0.2) is 24.3 Å². The van der Waals surface area contributed by atoms with Crippen LogP contribution in [0.3, 0.4) is 0 Å². The summed E-state index contributed by atoms with van der Waals surface area (Å²) in [5, 5.41) is 10.7. The third-order valence-corrected chi connectivity index (χ3v) is 9.34. The lowest BCUT2D eigenvalue weighted by Crippen LogP contribution is -2.38. The standard InChI is InChI=1S/C19H16Br2N2O7/c20-16-10-5-11(17(16)21)15-14(10)18(26)22(19(15)27)6-13(25)30-7-12(24)8-1-3-9(4-2-8)23(28)29/h1-4,10-11,14-17H,5-7H2/t10-,11+,14-,15+,16-,17+. The van der Waals surface area contributed by atoms with E-state index in [1.54, 1.807) is 0 Å². The molecule has 0 aromatic heterocycles. The third kappa shape index (κ3) is 3.37. The zero-order valence-corrected chi connectivity index (χ0v) is 18.6. The van der Waals surface area contributed by atoms with E-state index < -0.39 is 41.7 Å². The van der Waals surface area contributed by atoms with Crippen molar-refractivity contribution in [3.63, 3.8) is 0 Å². The number of carbonyl (C=O) groups is 4. The highest BCUT2D eigenvalue weighted by Crippen LogP contribution is 2.60. The average Bonchev–Trinajstić information content (AvgIpc) is 3.33. The SMILES string of the molecule is O=C(CN1C(=O)[C@@H]2[C@H]3C[C@H]([C@H](Br)[C@@H]3Br)[C@@H]2C1=O)OCC(=O)c1ccc([N+](=O)[O-])cc1. The van der Waals surface area contributed by atoms with Crippen LogP contribution in [0.25, 0.3) is 0 Å². The molecule has 4 rings (SSSR count). The zero-order valence-electron chi connectivity index (χ0n) is 15.4. The summed E-state index contributed by atoms with van der Waals surface area (Å²) in [5.74, 6) is -2.87. The molecule has 9 nitrogen and oxygen atoms in total. The van der Waals surface area contributed by atoms with Gasteiger partial charge in [-0.15, -0.1) is 0 Å². The fourth-order valence-electron chi connectivity index (χ4n) is 4.74. The number of hydrogen-bond acceptors (Lipinski definition) is 7. The van der Waals surface area contributed by atoms with Gasteiger partial charge < -0.3 is 4.74 Å². The third-order valence-electron chi connectivity index (χ3n) is 6.13. The molecular weight excluding hydrogens is 528 g/mol. The van der Waals surface area contributed by atoms with Gasteiger partial charge in [-0.3, -0.25) is 34.2 Å². The molecule has 1 aromatic rings. The van der Waals surface area contributed by atoms with E-state index in [1.165, 1.54) is 24.3 Å². The molecule has 3 fully saturated rings. The van der Waals surface area contributed by atoms with E-state index in [0.29, 0.717) is 0 Å². The quantitative estimate of drug-likeness (QED) is 0.134. The number of nitro benzene ring substituents is 1. The highest BCUT2D eigenvalue weighted by molar-refractivity contribution is 9.12. The molecule has 6 atom stereocenters. The molecule has 3 aliphatic rings. The van der Waals surface area contributed by atoms with Gasteiger partial charge in [0.15, 0.2) is 12.4 Å². The maximum absolute atomic E-state index is 12.8. The molecule has 1 aromatic carbocycles. The first-order valence-electron chi connectivity index (χ1n) is 9.27. The van der Waals surface area contributed by atoms with Crippen LogP contribution in [-0.4, -0.2) is 56.2 Å². The van der Waals surface area contributed by atoms with Crippen molar-refractivity contribution in [1.29, 1.82) is 0 Å². The van der Waals surface area contributed by atoms with Gasteiger partial charge in [0, 0.05) is 27.4 Å². The molecule has 0 radical (unpaired) electrons. The van der Waals surface area contributed by atoms with E-state index in [9.17, 15) is 29.3 Å². The van der Waals surface area contributed by atoms with Crippen molar-refractivity contribution in [1.82, 2.24) is 4.90 Å². The maximum Gasteiger partial charge on any atom is 0.326 e. The van der Waals surface area contributed by atoms with Crippen molar-refractivity contribution in [2.75, 3.05) is 13.2 Å². The van der Waals surface area contributed by atoms with Gasteiger partial charge in [-0.25, -0.2) is 0 Å². The second-order valence-electron chi connectivity index (χ2n) is 7.65. The molecule has 1 saturated heterocycles. The summed E-state index contributed by atoms with van der Waals surface area (Å²) in [4.78, 5) is 61.0. The fraction of sp³-hybridized carbons (Fsp3) is 0.474. The number of benzene rings is 1. The summed E-state index contributed by atoms with van der Waals surface area (Å²) in [6, 6.07) is 4.90. The Labute approximate surface area is 187 Å². The molecule has 2 amide bonds. The number of hydrogen-bond donors (Lipinski definition) is 0. The Kier molecular flexibility index (Phi) is 5.52. The maximum atomic E-state index is 12.8. The van der Waals surface area contributed by atoms with Crippen molar-refractivity contribution >= 4 is 61.1 Å². The number of carbonyl (C=O) groups excluding carboxylic acids is 4. The smallest absolute Gasteiger partial charge is 0.326 e. The molecule has 11 heteroatoms. The van der Waals surface area contributed by atoms with Crippen molar-refractivity contribution in [2.45, 2.75) is 16.1 Å². The van der Waals surface area contributed by atoms with E-state index in [0.717, 1.165) is 11.3 Å². The second-order valence-corrected chi connectivity index (χ2v) is 9.77. The molecule has 0 unspecified atom stereocenters. The van der Waals surface area contributed by atoms with E-state index >= 15 is 0 Å². The van der Waals surface area contributed by atoms with Crippen molar-refractivity contribution in [3.05, 3.63) is 39.9 Å². The molecule has 0 N–H and O–H groups in total. The van der Waals surface area contributed by atoms with Gasteiger partial charge in [0.1, 0.15) is 6.54 Å². The summed E-state index contributed by atoms with van der Waals surface area (Å²) in [6.07, 6.45) is 0.792. The number of likely N-dealkylation sites (tertiary alicyclic amines) is 1. The first-order chi connectivity index (χ1) is 14.2. The number of halogens is 2. The van der Waals surface area contributed by atoms with E-state index in [4.69, 9.17) is 4.74 Å².